The number of alkyl halides is 5. The number of aliphatic imine (C=N–C) groups is 1. The smallest absolute Gasteiger partial charge is 0.402 e. The van der Waals surface area contributed by atoms with Crippen LogP contribution in [0.3, 0.4) is 0 Å². The first-order chi connectivity index (χ1) is 14.4. The Morgan fingerprint density at radius 3 is 2.52 bits per heavy atom. The molecule has 0 radical (unpaired) electrons. The minimum Gasteiger partial charge on any atom is -0.402 e. The molecule has 0 spiro atoms. The van der Waals surface area contributed by atoms with Gasteiger partial charge in [-0.3, -0.25) is 4.99 Å². The van der Waals surface area contributed by atoms with Crippen LogP contribution in [0.2, 0.25) is 0 Å². The van der Waals surface area contributed by atoms with Crippen LogP contribution in [-0.4, -0.2) is 42.1 Å². The van der Waals surface area contributed by atoms with Gasteiger partial charge in [-0.05, 0) is 50.7 Å². The second kappa shape index (κ2) is 8.97. The third-order valence-electron chi connectivity index (χ3n) is 5.50. The molecule has 2 unspecified atom stereocenters. The standard InChI is InChI=1S/C20H26F5N5O/c1-9(2)30-15(18-12-4-11(5-13(12)18)28-8-17(21)22)6-14(26)10-3-16(19(27)29-7-10)31-20(23,24)25/h3,6-7,9,11-13,17-18,28H,4-5,8,26H2,1-2H3,(H2,27,29)/t11?,12-,13+,18?. The first kappa shape index (κ1) is 23.2. The van der Waals surface area contributed by atoms with Gasteiger partial charge < -0.3 is 21.5 Å². The fourth-order valence-electron chi connectivity index (χ4n) is 4.28. The number of nitrogens with zero attached hydrogens (tertiary/aromatic N) is 2. The predicted molar refractivity (Wildman–Crippen MR) is 108 cm³/mol. The van der Waals surface area contributed by atoms with Gasteiger partial charge in [0.1, 0.15) is 0 Å². The Balaban J connectivity index is 1.75. The van der Waals surface area contributed by atoms with E-state index >= 15 is 0 Å². The molecule has 2 aliphatic rings. The van der Waals surface area contributed by atoms with E-state index in [9.17, 15) is 22.0 Å². The van der Waals surface area contributed by atoms with Gasteiger partial charge in [-0.2, -0.15) is 0 Å². The summed E-state index contributed by atoms with van der Waals surface area (Å²) >= 11 is 0. The number of nitrogens with one attached hydrogen (secondary N) is 1. The van der Waals surface area contributed by atoms with Gasteiger partial charge in [-0.15, -0.1) is 13.2 Å². The molecule has 0 amide bonds. The van der Waals surface area contributed by atoms with E-state index in [1.807, 2.05) is 13.8 Å². The van der Waals surface area contributed by atoms with E-state index in [1.165, 1.54) is 6.20 Å². The van der Waals surface area contributed by atoms with Crippen LogP contribution < -0.4 is 21.5 Å². The number of hydrogen-bond acceptors (Lipinski definition) is 6. The maximum absolute atomic E-state index is 12.6. The van der Waals surface area contributed by atoms with Crippen molar-refractivity contribution in [3.05, 3.63) is 23.9 Å². The lowest BCUT2D eigenvalue weighted by Gasteiger charge is -2.17. The molecule has 2 aliphatic carbocycles. The van der Waals surface area contributed by atoms with Crippen molar-refractivity contribution in [2.75, 3.05) is 12.3 Å². The largest absolute Gasteiger partial charge is 0.573 e. The Kier molecular flexibility index (Phi) is 6.73. The highest BCUT2D eigenvalue weighted by Crippen LogP contribution is 2.58. The van der Waals surface area contributed by atoms with Gasteiger partial charge in [0.05, 0.1) is 6.54 Å². The number of fused-ring (bicyclic) bond motifs is 1. The summed E-state index contributed by atoms with van der Waals surface area (Å²) in [4.78, 5) is 8.39. The highest BCUT2D eigenvalue weighted by Gasteiger charge is 2.57. The van der Waals surface area contributed by atoms with Gasteiger partial charge in [0.15, 0.2) is 11.6 Å². The van der Waals surface area contributed by atoms with Crippen molar-refractivity contribution in [3.8, 4) is 5.75 Å². The lowest BCUT2D eigenvalue weighted by Crippen LogP contribution is -2.32. The monoisotopic (exact) mass is 447 g/mol. The van der Waals surface area contributed by atoms with Crippen molar-refractivity contribution in [1.82, 2.24) is 10.3 Å². The molecule has 1 aromatic heterocycles. The molecule has 3 rings (SSSR count). The Morgan fingerprint density at radius 1 is 1.32 bits per heavy atom. The molecule has 0 saturated heterocycles. The Hall–Kier alpha value is -2.43. The molecule has 11 heteroatoms. The third kappa shape index (κ3) is 6.05. The number of allylic oxidation sites excluding steroid dienone is 1. The summed E-state index contributed by atoms with van der Waals surface area (Å²) in [5, 5.41) is 2.88. The van der Waals surface area contributed by atoms with E-state index in [0.29, 0.717) is 11.8 Å². The second-order valence-corrected chi connectivity index (χ2v) is 8.22. The highest BCUT2D eigenvalue weighted by molar-refractivity contribution is 6.04. The zero-order valence-electron chi connectivity index (χ0n) is 17.2. The van der Waals surface area contributed by atoms with Crippen LogP contribution in [-0.2, 0) is 0 Å². The molecule has 0 aromatic carbocycles. The second-order valence-electron chi connectivity index (χ2n) is 8.22. The van der Waals surface area contributed by atoms with Gasteiger partial charge in [-0.1, -0.05) is 0 Å². The third-order valence-corrected chi connectivity index (χ3v) is 5.50. The number of nitrogen functional groups attached to an aromatic ring is 1. The minimum absolute atomic E-state index is 0.0122. The van der Waals surface area contributed by atoms with Gasteiger partial charge in [0.2, 0.25) is 0 Å². The van der Waals surface area contributed by atoms with Crippen molar-refractivity contribution in [2.24, 2.45) is 28.5 Å². The summed E-state index contributed by atoms with van der Waals surface area (Å²) < 4.78 is 66.4. The summed E-state index contributed by atoms with van der Waals surface area (Å²) in [6.07, 6.45) is -2.81. The van der Waals surface area contributed by atoms with Crippen molar-refractivity contribution in [3.63, 3.8) is 0 Å². The van der Waals surface area contributed by atoms with Crippen LogP contribution in [0, 0.1) is 17.8 Å². The van der Waals surface area contributed by atoms with Crippen LogP contribution in [0.25, 0.3) is 5.70 Å². The SMILES string of the molecule is CC(C)N=C(C=C(N)c1cnc(N)c(OC(F)(F)F)c1)C1[C@H]2CC(NCC(F)F)C[C@@H]12. The van der Waals surface area contributed by atoms with Crippen molar-refractivity contribution in [1.29, 1.82) is 0 Å². The predicted octanol–water partition coefficient (Wildman–Crippen LogP) is 3.59. The quantitative estimate of drug-likeness (QED) is 0.418. The van der Waals surface area contributed by atoms with E-state index in [0.717, 1.165) is 24.6 Å². The Labute approximate surface area is 176 Å². The summed E-state index contributed by atoms with van der Waals surface area (Å²) in [5.41, 5.74) is 12.8. The summed E-state index contributed by atoms with van der Waals surface area (Å²) in [7, 11) is 0. The number of hydrogen-bond donors (Lipinski definition) is 3. The highest BCUT2D eigenvalue weighted by atomic mass is 19.4. The molecule has 31 heavy (non-hydrogen) atoms. The molecule has 2 saturated carbocycles. The Bertz CT molecular complexity index is 843. The molecular formula is C20H26F5N5O. The van der Waals surface area contributed by atoms with Gasteiger partial charge >= 0.3 is 6.36 Å². The summed E-state index contributed by atoms with van der Waals surface area (Å²) in [5.74, 6) is -0.224. The first-order valence-corrected chi connectivity index (χ1v) is 10.0. The molecule has 1 heterocycles. The normalized spacial score (nSPS) is 26.5. The number of aromatic nitrogens is 1. The number of rotatable bonds is 8. The molecular weight excluding hydrogens is 421 g/mol. The van der Waals surface area contributed by atoms with Crippen molar-refractivity contribution < 1.29 is 26.7 Å². The maximum Gasteiger partial charge on any atom is 0.573 e. The molecule has 2 fully saturated rings. The molecule has 172 valence electrons. The zero-order chi connectivity index (χ0) is 22.9. The fraction of sp³-hybridized carbons (Fsp3) is 0.600. The van der Waals surface area contributed by atoms with E-state index in [-0.39, 0.29) is 35.8 Å². The number of halogens is 5. The average molecular weight is 447 g/mol. The Morgan fingerprint density at radius 2 is 1.97 bits per heavy atom. The summed E-state index contributed by atoms with van der Waals surface area (Å²) in [6.45, 7) is 3.51. The minimum atomic E-state index is -4.91. The molecule has 6 nitrogen and oxygen atoms in total. The fourth-order valence-corrected chi connectivity index (χ4v) is 4.28. The summed E-state index contributed by atoms with van der Waals surface area (Å²) in [6, 6.07) is 1.14. The van der Waals surface area contributed by atoms with Crippen molar-refractivity contribution >= 4 is 17.2 Å². The molecule has 5 N–H and O–H groups in total. The number of pyridine rings is 1. The van der Waals surface area contributed by atoms with Gasteiger partial charge in [0.25, 0.3) is 6.43 Å². The number of anilines is 1. The molecule has 4 atom stereocenters. The zero-order valence-corrected chi connectivity index (χ0v) is 17.2. The van der Waals surface area contributed by atoms with E-state index in [1.54, 1.807) is 6.08 Å². The van der Waals surface area contributed by atoms with E-state index in [4.69, 9.17) is 11.5 Å². The van der Waals surface area contributed by atoms with E-state index in [2.05, 4.69) is 20.0 Å². The van der Waals surface area contributed by atoms with Crippen LogP contribution >= 0.6 is 0 Å². The van der Waals surface area contributed by atoms with Gasteiger partial charge in [-0.25, -0.2) is 13.8 Å². The first-order valence-electron chi connectivity index (χ1n) is 10.0. The van der Waals surface area contributed by atoms with Crippen LogP contribution in [0.15, 0.2) is 23.3 Å². The number of nitrogens with two attached hydrogens (primary N) is 2. The average Bonchev–Trinajstić information content (AvgIpc) is 3.14. The lowest BCUT2D eigenvalue weighted by molar-refractivity contribution is -0.274. The lowest BCUT2D eigenvalue weighted by atomic mass is 10.0. The maximum atomic E-state index is 12.6. The van der Waals surface area contributed by atoms with E-state index < -0.39 is 24.4 Å². The molecule has 0 aliphatic heterocycles. The van der Waals surface area contributed by atoms with Crippen molar-refractivity contribution in [2.45, 2.75) is 51.6 Å². The van der Waals surface area contributed by atoms with Crippen LogP contribution in [0.4, 0.5) is 27.8 Å². The topological polar surface area (TPSA) is 98.5 Å². The molecule has 0 bridgehead atoms. The van der Waals surface area contributed by atoms with Gasteiger partial charge in [0, 0.05) is 41.2 Å². The van der Waals surface area contributed by atoms with Crippen LogP contribution in [0.1, 0.15) is 32.3 Å². The molecule has 1 aromatic rings. The van der Waals surface area contributed by atoms with Crippen LogP contribution in [0.5, 0.6) is 5.75 Å². The number of ether oxygens (including phenoxy) is 1.